The van der Waals surface area contributed by atoms with Crippen LogP contribution in [0.4, 0.5) is 0 Å². The highest BCUT2D eigenvalue weighted by Gasteiger charge is 2.19. The number of benzene rings is 2. The SMILES string of the molecule is CCCN(Cc1cc2ccc(C)cc2[nH]c1=O)C(=O)c1ccc(OC)c(OC)c1. The first-order chi connectivity index (χ1) is 14.0. The number of carbonyl (C=O) groups excluding carboxylic acids is 1. The highest BCUT2D eigenvalue weighted by molar-refractivity contribution is 5.95. The zero-order valence-electron chi connectivity index (χ0n) is 17.2. The number of pyridine rings is 1. The van der Waals surface area contributed by atoms with Crippen LogP contribution in [0.1, 0.15) is 34.8 Å². The van der Waals surface area contributed by atoms with Crippen LogP contribution in [0.2, 0.25) is 0 Å². The summed E-state index contributed by atoms with van der Waals surface area (Å²) >= 11 is 0. The van der Waals surface area contributed by atoms with Crippen molar-refractivity contribution in [3.05, 3.63) is 69.5 Å². The fourth-order valence-electron chi connectivity index (χ4n) is 3.36. The number of aromatic nitrogens is 1. The van der Waals surface area contributed by atoms with Gasteiger partial charge in [0.15, 0.2) is 11.5 Å². The largest absolute Gasteiger partial charge is 0.493 e. The summed E-state index contributed by atoms with van der Waals surface area (Å²) in [6.45, 7) is 4.76. The van der Waals surface area contributed by atoms with Gasteiger partial charge in [0.05, 0.1) is 20.8 Å². The molecule has 0 spiro atoms. The third kappa shape index (κ3) is 4.42. The van der Waals surface area contributed by atoms with Crippen molar-refractivity contribution in [3.63, 3.8) is 0 Å². The topological polar surface area (TPSA) is 71.6 Å². The van der Waals surface area contributed by atoms with Gasteiger partial charge in [0, 0.05) is 23.2 Å². The molecule has 0 saturated heterocycles. The number of rotatable bonds is 7. The summed E-state index contributed by atoms with van der Waals surface area (Å²) in [5.41, 5.74) is 2.75. The van der Waals surface area contributed by atoms with E-state index in [2.05, 4.69) is 4.98 Å². The Balaban J connectivity index is 1.93. The minimum absolute atomic E-state index is 0.156. The summed E-state index contributed by atoms with van der Waals surface area (Å²) in [6, 6.07) is 12.9. The first kappa shape index (κ1) is 20.5. The standard InChI is InChI=1S/C23H26N2O4/c1-5-10-25(23(27)17-8-9-20(28-3)21(13-17)29-4)14-18-12-16-7-6-15(2)11-19(16)24-22(18)26/h6-9,11-13H,5,10,14H2,1-4H3,(H,24,26). The number of aryl methyl sites for hydroxylation is 1. The number of amides is 1. The van der Waals surface area contributed by atoms with Crippen molar-refractivity contribution in [1.82, 2.24) is 9.88 Å². The smallest absolute Gasteiger partial charge is 0.254 e. The van der Waals surface area contributed by atoms with Crippen molar-refractivity contribution >= 4 is 16.8 Å². The van der Waals surface area contributed by atoms with Crippen LogP contribution in [-0.2, 0) is 6.54 Å². The van der Waals surface area contributed by atoms with Crippen LogP contribution in [0.3, 0.4) is 0 Å². The monoisotopic (exact) mass is 394 g/mol. The first-order valence-electron chi connectivity index (χ1n) is 9.60. The Bertz CT molecular complexity index is 1090. The van der Waals surface area contributed by atoms with E-state index in [1.165, 1.54) is 7.11 Å². The van der Waals surface area contributed by atoms with Crippen LogP contribution in [0.15, 0.2) is 47.3 Å². The third-order valence-corrected chi connectivity index (χ3v) is 4.85. The maximum atomic E-state index is 13.1. The second-order valence-electron chi connectivity index (χ2n) is 7.01. The molecule has 0 saturated carbocycles. The Labute approximate surface area is 170 Å². The molecule has 1 amide bonds. The van der Waals surface area contributed by atoms with E-state index >= 15 is 0 Å². The second-order valence-corrected chi connectivity index (χ2v) is 7.01. The molecule has 3 aromatic rings. The van der Waals surface area contributed by atoms with Gasteiger partial charge in [0.2, 0.25) is 0 Å². The molecule has 6 nitrogen and oxygen atoms in total. The van der Waals surface area contributed by atoms with Crippen molar-refractivity contribution in [2.24, 2.45) is 0 Å². The molecular weight excluding hydrogens is 368 g/mol. The van der Waals surface area contributed by atoms with Gasteiger partial charge in [0.1, 0.15) is 0 Å². The van der Waals surface area contributed by atoms with E-state index in [4.69, 9.17) is 9.47 Å². The lowest BCUT2D eigenvalue weighted by Crippen LogP contribution is -2.33. The molecule has 1 heterocycles. The fraction of sp³-hybridized carbons (Fsp3) is 0.304. The molecule has 0 atom stereocenters. The molecule has 0 radical (unpaired) electrons. The van der Waals surface area contributed by atoms with E-state index in [9.17, 15) is 9.59 Å². The summed E-state index contributed by atoms with van der Waals surface area (Å²) in [4.78, 5) is 30.4. The van der Waals surface area contributed by atoms with Crippen molar-refractivity contribution in [2.75, 3.05) is 20.8 Å². The van der Waals surface area contributed by atoms with Gasteiger partial charge in [-0.3, -0.25) is 9.59 Å². The maximum absolute atomic E-state index is 13.1. The van der Waals surface area contributed by atoms with Crippen LogP contribution in [0.5, 0.6) is 11.5 Å². The van der Waals surface area contributed by atoms with Gasteiger partial charge >= 0.3 is 0 Å². The number of methoxy groups -OCH3 is 2. The average Bonchev–Trinajstić information content (AvgIpc) is 2.72. The van der Waals surface area contributed by atoms with E-state index in [1.807, 2.05) is 38.1 Å². The molecule has 2 aromatic carbocycles. The van der Waals surface area contributed by atoms with Gasteiger partial charge in [0.25, 0.3) is 11.5 Å². The first-order valence-corrected chi connectivity index (χ1v) is 9.60. The Morgan fingerprint density at radius 3 is 2.48 bits per heavy atom. The lowest BCUT2D eigenvalue weighted by atomic mass is 10.1. The van der Waals surface area contributed by atoms with Crippen LogP contribution < -0.4 is 15.0 Å². The van der Waals surface area contributed by atoms with E-state index < -0.39 is 0 Å². The number of hydrogen-bond donors (Lipinski definition) is 1. The quantitative estimate of drug-likeness (QED) is 0.660. The number of hydrogen-bond acceptors (Lipinski definition) is 4. The zero-order valence-corrected chi connectivity index (χ0v) is 17.2. The minimum Gasteiger partial charge on any atom is -0.493 e. The number of carbonyl (C=O) groups is 1. The van der Waals surface area contributed by atoms with Gasteiger partial charge < -0.3 is 19.4 Å². The molecule has 0 bridgehead atoms. The fourth-order valence-corrected chi connectivity index (χ4v) is 3.36. The number of H-pyrrole nitrogens is 1. The van der Waals surface area contributed by atoms with Crippen LogP contribution in [0, 0.1) is 6.92 Å². The van der Waals surface area contributed by atoms with E-state index in [1.54, 1.807) is 30.2 Å². The maximum Gasteiger partial charge on any atom is 0.254 e. The molecule has 0 aliphatic rings. The van der Waals surface area contributed by atoms with Crippen LogP contribution in [-0.4, -0.2) is 36.6 Å². The Hall–Kier alpha value is -3.28. The summed E-state index contributed by atoms with van der Waals surface area (Å²) in [5, 5.41) is 0.945. The van der Waals surface area contributed by atoms with Gasteiger partial charge in [-0.15, -0.1) is 0 Å². The predicted molar refractivity (Wildman–Crippen MR) is 114 cm³/mol. The van der Waals surface area contributed by atoms with Gasteiger partial charge in [-0.1, -0.05) is 19.1 Å². The predicted octanol–water partition coefficient (Wildman–Crippen LogP) is 3.91. The Kier molecular flexibility index (Phi) is 6.22. The number of aromatic amines is 1. The zero-order chi connectivity index (χ0) is 21.0. The number of fused-ring (bicyclic) bond motifs is 1. The van der Waals surface area contributed by atoms with Crippen LogP contribution in [0.25, 0.3) is 10.9 Å². The molecular formula is C23H26N2O4. The summed E-state index contributed by atoms with van der Waals surface area (Å²) < 4.78 is 10.6. The molecule has 0 fully saturated rings. The normalized spacial score (nSPS) is 10.8. The van der Waals surface area contributed by atoms with Crippen molar-refractivity contribution in [1.29, 1.82) is 0 Å². The van der Waals surface area contributed by atoms with Gasteiger partial charge in [-0.05, 0) is 54.6 Å². The minimum atomic E-state index is -0.177. The molecule has 3 rings (SSSR count). The lowest BCUT2D eigenvalue weighted by molar-refractivity contribution is 0.0742. The Morgan fingerprint density at radius 2 is 1.79 bits per heavy atom. The van der Waals surface area contributed by atoms with Crippen molar-refractivity contribution < 1.29 is 14.3 Å². The molecule has 1 N–H and O–H groups in total. The molecule has 0 aliphatic carbocycles. The Morgan fingerprint density at radius 1 is 1.03 bits per heavy atom. The van der Waals surface area contributed by atoms with E-state index in [0.717, 1.165) is 22.9 Å². The molecule has 0 aliphatic heterocycles. The van der Waals surface area contributed by atoms with Crippen molar-refractivity contribution in [3.8, 4) is 11.5 Å². The third-order valence-electron chi connectivity index (χ3n) is 4.85. The second kappa shape index (κ2) is 8.82. The molecule has 152 valence electrons. The highest BCUT2D eigenvalue weighted by atomic mass is 16.5. The highest BCUT2D eigenvalue weighted by Crippen LogP contribution is 2.28. The lowest BCUT2D eigenvalue weighted by Gasteiger charge is -2.22. The van der Waals surface area contributed by atoms with Gasteiger partial charge in [-0.25, -0.2) is 0 Å². The van der Waals surface area contributed by atoms with Crippen LogP contribution >= 0.6 is 0 Å². The average molecular weight is 394 g/mol. The molecule has 6 heteroatoms. The molecule has 29 heavy (non-hydrogen) atoms. The van der Waals surface area contributed by atoms with Gasteiger partial charge in [-0.2, -0.15) is 0 Å². The summed E-state index contributed by atoms with van der Waals surface area (Å²) in [6.07, 6.45) is 0.781. The summed E-state index contributed by atoms with van der Waals surface area (Å²) in [5.74, 6) is 0.900. The van der Waals surface area contributed by atoms with E-state index in [0.29, 0.717) is 29.2 Å². The van der Waals surface area contributed by atoms with E-state index in [-0.39, 0.29) is 18.0 Å². The number of ether oxygens (including phenoxy) is 2. The number of nitrogens with one attached hydrogen (secondary N) is 1. The summed E-state index contributed by atoms with van der Waals surface area (Å²) in [7, 11) is 3.09. The molecule has 0 unspecified atom stereocenters. The molecule has 1 aromatic heterocycles. The number of nitrogens with zero attached hydrogens (tertiary/aromatic N) is 1. The van der Waals surface area contributed by atoms with Crippen molar-refractivity contribution in [2.45, 2.75) is 26.8 Å².